The Labute approximate surface area is 308 Å². The van der Waals surface area contributed by atoms with Crippen molar-refractivity contribution in [2.45, 2.75) is 9.79 Å². The van der Waals surface area contributed by atoms with Gasteiger partial charge in [-0.1, -0.05) is 121 Å². The first-order valence-corrected chi connectivity index (χ1v) is 19.3. The molecule has 5 heteroatoms. The first-order valence-electron chi connectivity index (χ1n) is 17.8. The molecule has 0 bridgehead atoms. The van der Waals surface area contributed by atoms with E-state index < -0.39 is 9.84 Å². The number of anilines is 6. The Balaban J connectivity index is 1.13. The van der Waals surface area contributed by atoms with E-state index in [2.05, 4.69) is 168 Å². The molecule has 11 rings (SSSR count). The minimum absolute atomic E-state index is 0.331. The molecule has 53 heavy (non-hydrogen) atoms. The monoisotopic (exact) mass is 698 g/mol. The van der Waals surface area contributed by atoms with Crippen LogP contribution in [0.3, 0.4) is 0 Å². The van der Waals surface area contributed by atoms with Gasteiger partial charge in [-0.05, 0) is 82.9 Å². The highest BCUT2D eigenvalue weighted by Gasteiger charge is 2.36. The summed E-state index contributed by atoms with van der Waals surface area (Å²) in [6.45, 7) is 0. The second-order valence-electron chi connectivity index (χ2n) is 13.7. The summed E-state index contributed by atoms with van der Waals surface area (Å²) in [6.07, 6.45) is 0. The van der Waals surface area contributed by atoms with E-state index >= 15 is 0 Å². The Morgan fingerprint density at radius 1 is 0.283 bits per heavy atom. The molecule has 0 fully saturated rings. The van der Waals surface area contributed by atoms with Gasteiger partial charge in [0.2, 0.25) is 9.84 Å². The molecule has 0 saturated heterocycles. The van der Waals surface area contributed by atoms with Crippen LogP contribution in [0.5, 0.6) is 0 Å². The molecule has 0 aliphatic carbocycles. The molecule has 8 aromatic carbocycles. The number of nitrogens with zero attached hydrogens (tertiary/aromatic N) is 2. The number of benzene rings is 8. The summed E-state index contributed by atoms with van der Waals surface area (Å²) in [6, 6.07) is 62.5. The predicted octanol–water partition coefficient (Wildman–Crippen LogP) is 12.7. The molecule has 8 aromatic rings. The van der Waals surface area contributed by atoms with Crippen molar-refractivity contribution >= 4 is 44.0 Å². The van der Waals surface area contributed by atoms with Crippen molar-refractivity contribution in [1.82, 2.24) is 0 Å². The van der Waals surface area contributed by atoms with Crippen LogP contribution >= 0.6 is 0 Å². The van der Waals surface area contributed by atoms with E-state index in [0.717, 1.165) is 78.6 Å². The Bertz CT molecular complexity index is 2620. The lowest BCUT2D eigenvalue weighted by atomic mass is 9.95. The quantitative estimate of drug-likeness (QED) is 0.180. The van der Waals surface area contributed by atoms with Crippen molar-refractivity contribution in [2.75, 3.05) is 9.80 Å². The molecule has 3 aliphatic heterocycles. The van der Waals surface area contributed by atoms with Crippen LogP contribution in [0.25, 0.3) is 55.6 Å². The lowest BCUT2D eigenvalue weighted by Gasteiger charge is -2.28. The van der Waals surface area contributed by atoms with Gasteiger partial charge >= 0.3 is 0 Å². The molecule has 0 unspecified atom stereocenters. The smallest absolute Gasteiger partial charge is 0.207 e. The average molecular weight is 699 g/mol. The molecule has 0 atom stereocenters. The molecular weight excluding hydrogens is 669 g/mol. The third-order valence-electron chi connectivity index (χ3n) is 10.9. The van der Waals surface area contributed by atoms with Crippen LogP contribution in [0.15, 0.2) is 192 Å². The molecule has 0 saturated carbocycles. The molecule has 0 aromatic heterocycles. The summed E-state index contributed by atoms with van der Waals surface area (Å²) in [5, 5.41) is 0. The number of fused-ring (bicyclic) bond motifs is 13. The van der Waals surface area contributed by atoms with E-state index in [1.54, 1.807) is 12.1 Å². The van der Waals surface area contributed by atoms with Crippen LogP contribution in [0.1, 0.15) is 0 Å². The molecule has 0 amide bonds. The Kier molecular flexibility index (Phi) is 6.31. The molecule has 0 N–H and O–H groups in total. The van der Waals surface area contributed by atoms with Crippen LogP contribution in [-0.2, 0) is 9.84 Å². The molecule has 4 nitrogen and oxygen atoms in total. The highest BCUT2D eigenvalue weighted by atomic mass is 32.2. The normalized spacial score (nSPS) is 13.9. The summed E-state index contributed by atoms with van der Waals surface area (Å²) in [5.41, 5.74) is 16.5. The van der Waals surface area contributed by atoms with Gasteiger partial charge in [-0.15, -0.1) is 0 Å². The number of rotatable bonds is 2. The van der Waals surface area contributed by atoms with Crippen LogP contribution < -0.4 is 9.80 Å². The van der Waals surface area contributed by atoms with Gasteiger partial charge in [0, 0.05) is 44.8 Å². The molecule has 3 aliphatic rings. The SMILES string of the molecule is O=S1(=O)c2ccc(N3c4ccccc4-c4ccccc4-c4ccccc43)cc2-c2cc(N3c4ccccc4-c4ccccc4-c4ccccc43)ccc21. The second-order valence-corrected chi connectivity index (χ2v) is 15.6. The Hall–Kier alpha value is -6.69. The summed E-state index contributed by atoms with van der Waals surface area (Å²) in [4.78, 5) is 5.21. The van der Waals surface area contributed by atoms with E-state index in [0.29, 0.717) is 20.9 Å². The number of hydrogen-bond acceptors (Lipinski definition) is 4. The van der Waals surface area contributed by atoms with Crippen molar-refractivity contribution in [3.05, 3.63) is 182 Å². The number of para-hydroxylation sites is 4. The molecule has 250 valence electrons. The summed E-state index contributed by atoms with van der Waals surface area (Å²) < 4.78 is 28.4. The minimum atomic E-state index is -3.74. The van der Waals surface area contributed by atoms with Crippen molar-refractivity contribution in [3.63, 3.8) is 0 Å². The van der Waals surface area contributed by atoms with Crippen molar-refractivity contribution in [2.24, 2.45) is 0 Å². The van der Waals surface area contributed by atoms with Gasteiger partial charge in [-0.25, -0.2) is 8.42 Å². The van der Waals surface area contributed by atoms with Crippen LogP contribution in [0, 0.1) is 0 Å². The van der Waals surface area contributed by atoms with E-state index in [1.165, 1.54) is 0 Å². The topological polar surface area (TPSA) is 40.6 Å². The van der Waals surface area contributed by atoms with Gasteiger partial charge in [0.1, 0.15) is 0 Å². The highest BCUT2D eigenvalue weighted by molar-refractivity contribution is 7.92. The van der Waals surface area contributed by atoms with Crippen LogP contribution in [0.2, 0.25) is 0 Å². The van der Waals surface area contributed by atoms with Crippen molar-refractivity contribution in [3.8, 4) is 55.6 Å². The Morgan fingerprint density at radius 3 is 0.849 bits per heavy atom. The van der Waals surface area contributed by atoms with Crippen LogP contribution in [-0.4, -0.2) is 8.42 Å². The molecular formula is C48H30N2O2S. The molecule has 0 spiro atoms. The first kappa shape index (κ1) is 30.0. The standard InChI is InChI=1S/C48H30N2O2S/c51-53(52)47-27-25-31(49-43-21-9-5-17-37(43)33-13-1-2-14-34(33)38-18-6-10-22-44(38)49)29-41(47)42-30-32(26-28-48(42)53)50-45-23-11-7-19-39(45)35-15-3-4-16-36(35)40-20-8-12-24-46(40)50/h1-30H. The fourth-order valence-corrected chi connectivity index (χ4v) is 10.3. The fourth-order valence-electron chi connectivity index (χ4n) is 8.63. The minimum Gasteiger partial charge on any atom is -0.309 e. The lowest BCUT2D eigenvalue weighted by Crippen LogP contribution is -2.11. The zero-order valence-electron chi connectivity index (χ0n) is 28.4. The summed E-state index contributed by atoms with van der Waals surface area (Å²) in [7, 11) is -3.74. The van der Waals surface area contributed by atoms with E-state index in [4.69, 9.17) is 0 Å². The second kappa shape index (κ2) is 11.2. The lowest BCUT2D eigenvalue weighted by molar-refractivity contribution is 0.598. The zero-order valence-corrected chi connectivity index (χ0v) is 29.3. The van der Waals surface area contributed by atoms with Gasteiger partial charge in [0.25, 0.3) is 0 Å². The predicted molar refractivity (Wildman–Crippen MR) is 216 cm³/mol. The molecule has 3 heterocycles. The van der Waals surface area contributed by atoms with E-state index in [1.807, 2.05) is 12.1 Å². The van der Waals surface area contributed by atoms with Gasteiger partial charge in [0.15, 0.2) is 0 Å². The fraction of sp³-hybridized carbons (Fsp3) is 0. The van der Waals surface area contributed by atoms with Crippen LogP contribution in [0.4, 0.5) is 34.1 Å². The van der Waals surface area contributed by atoms with Gasteiger partial charge < -0.3 is 9.80 Å². The zero-order chi connectivity index (χ0) is 35.3. The van der Waals surface area contributed by atoms with Crippen molar-refractivity contribution < 1.29 is 8.42 Å². The Morgan fingerprint density at radius 2 is 0.547 bits per heavy atom. The maximum atomic E-state index is 14.2. The summed E-state index contributed by atoms with van der Waals surface area (Å²) in [5.74, 6) is 0. The van der Waals surface area contributed by atoms with E-state index in [9.17, 15) is 8.42 Å². The first-order chi connectivity index (χ1) is 26.1. The molecule has 0 radical (unpaired) electrons. The van der Waals surface area contributed by atoms with Gasteiger partial charge in [-0.3, -0.25) is 0 Å². The van der Waals surface area contributed by atoms with Gasteiger partial charge in [-0.2, -0.15) is 0 Å². The number of hydrogen-bond donors (Lipinski definition) is 0. The third kappa shape index (κ3) is 4.26. The van der Waals surface area contributed by atoms with E-state index in [-0.39, 0.29) is 0 Å². The van der Waals surface area contributed by atoms with Gasteiger partial charge in [0.05, 0.1) is 32.5 Å². The largest absolute Gasteiger partial charge is 0.309 e. The van der Waals surface area contributed by atoms with Crippen molar-refractivity contribution in [1.29, 1.82) is 0 Å². The average Bonchev–Trinajstić information content (AvgIpc) is 3.30. The summed E-state index contributed by atoms with van der Waals surface area (Å²) >= 11 is 0. The maximum absolute atomic E-state index is 14.2. The maximum Gasteiger partial charge on any atom is 0.207 e. The third-order valence-corrected chi connectivity index (χ3v) is 12.8. The highest BCUT2D eigenvalue weighted by Crippen LogP contribution is 2.55. The number of sulfone groups is 1.